The van der Waals surface area contributed by atoms with E-state index in [1.54, 1.807) is 11.0 Å². The van der Waals surface area contributed by atoms with Crippen molar-refractivity contribution in [2.75, 3.05) is 6.61 Å². The molecule has 0 saturated heterocycles. The Morgan fingerprint density at radius 2 is 1.91 bits per heavy atom. The van der Waals surface area contributed by atoms with Gasteiger partial charge in [0.25, 0.3) is 0 Å². The van der Waals surface area contributed by atoms with E-state index in [2.05, 4.69) is 10.1 Å². The lowest BCUT2D eigenvalue weighted by Crippen LogP contribution is -2.02. The zero-order valence-electron chi connectivity index (χ0n) is 12.5. The minimum Gasteiger partial charge on any atom is -0.494 e. The Morgan fingerprint density at radius 1 is 1.14 bits per heavy atom. The molecule has 0 amide bonds. The van der Waals surface area contributed by atoms with Gasteiger partial charge in [-0.2, -0.15) is 5.10 Å². The molecule has 4 nitrogen and oxygen atoms in total. The third kappa shape index (κ3) is 2.70. The van der Waals surface area contributed by atoms with Crippen molar-refractivity contribution in [3.05, 3.63) is 59.4 Å². The highest BCUT2D eigenvalue weighted by molar-refractivity contribution is 6.31. The smallest absolute Gasteiger partial charge is 0.163 e. The first-order valence-electron chi connectivity index (χ1n) is 7.09. The van der Waals surface area contributed by atoms with E-state index in [0.29, 0.717) is 11.6 Å². The molecule has 0 radical (unpaired) electrons. The van der Waals surface area contributed by atoms with Crippen LogP contribution in [0.1, 0.15) is 12.5 Å². The molecule has 2 aromatic carbocycles. The first-order chi connectivity index (χ1) is 10.7. The van der Waals surface area contributed by atoms with Gasteiger partial charge < -0.3 is 4.74 Å². The lowest BCUT2D eigenvalue weighted by molar-refractivity contribution is 0.340. The van der Waals surface area contributed by atoms with E-state index >= 15 is 0 Å². The summed E-state index contributed by atoms with van der Waals surface area (Å²) in [6.45, 7) is 4.59. The molecule has 0 aliphatic rings. The standard InChI is InChI=1S/C17H16ClN3O/c1-3-22-14-9-7-13(8-10-14)17-19-11-20-21(17)16-6-4-5-15(18)12(16)2/h4-11H,3H2,1-2H3. The topological polar surface area (TPSA) is 39.9 Å². The monoisotopic (exact) mass is 313 g/mol. The summed E-state index contributed by atoms with van der Waals surface area (Å²) in [7, 11) is 0. The molecule has 1 aromatic heterocycles. The molecule has 0 spiro atoms. The van der Waals surface area contributed by atoms with Crippen LogP contribution in [0.4, 0.5) is 0 Å². The second kappa shape index (κ2) is 6.20. The third-order valence-corrected chi connectivity index (χ3v) is 3.85. The van der Waals surface area contributed by atoms with Crippen molar-refractivity contribution in [3.8, 4) is 22.8 Å². The van der Waals surface area contributed by atoms with Crippen molar-refractivity contribution in [3.63, 3.8) is 0 Å². The summed E-state index contributed by atoms with van der Waals surface area (Å²) in [5, 5.41) is 5.05. The molecule has 3 aromatic rings. The van der Waals surface area contributed by atoms with Crippen molar-refractivity contribution >= 4 is 11.6 Å². The number of rotatable bonds is 4. The SMILES string of the molecule is CCOc1ccc(-c2ncnn2-c2cccc(Cl)c2C)cc1. The van der Waals surface area contributed by atoms with Gasteiger partial charge in [-0.15, -0.1) is 0 Å². The number of aromatic nitrogens is 3. The van der Waals surface area contributed by atoms with Crippen molar-refractivity contribution in [1.82, 2.24) is 14.8 Å². The van der Waals surface area contributed by atoms with Crippen LogP contribution in [0.15, 0.2) is 48.8 Å². The highest BCUT2D eigenvalue weighted by Gasteiger charge is 2.12. The molecule has 0 fully saturated rings. The van der Waals surface area contributed by atoms with Gasteiger partial charge in [0, 0.05) is 10.6 Å². The maximum Gasteiger partial charge on any atom is 0.163 e. The zero-order valence-corrected chi connectivity index (χ0v) is 13.2. The summed E-state index contributed by atoms with van der Waals surface area (Å²) in [5.41, 5.74) is 2.87. The van der Waals surface area contributed by atoms with Crippen molar-refractivity contribution in [1.29, 1.82) is 0 Å². The van der Waals surface area contributed by atoms with Crippen LogP contribution in [0.5, 0.6) is 5.75 Å². The Kier molecular flexibility index (Phi) is 4.11. The van der Waals surface area contributed by atoms with Gasteiger partial charge >= 0.3 is 0 Å². The molecular weight excluding hydrogens is 298 g/mol. The largest absolute Gasteiger partial charge is 0.494 e. The molecule has 0 saturated carbocycles. The van der Waals surface area contributed by atoms with E-state index < -0.39 is 0 Å². The minimum absolute atomic E-state index is 0.650. The number of hydrogen-bond donors (Lipinski definition) is 0. The first-order valence-corrected chi connectivity index (χ1v) is 7.47. The minimum atomic E-state index is 0.650. The number of halogens is 1. The number of benzene rings is 2. The second-order valence-electron chi connectivity index (χ2n) is 4.84. The molecule has 5 heteroatoms. The Morgan fingerprint density at radius 3 is 2.64 bits per heavy atom. The molecule has 0 unspecified atom stereocenters. The van der Waals surface area contributed by atoms with Gasteiger partial charge in [-0.1, -0.05) is 17.7 Å². The van der Waals surface area contributed by atoms with E-state index in [9.17, 15) is 0 Å². The van der Waals surface area contributed by atoms with Crippen molar-refractivity contribution in [2.24, 2.45) is 0 Å². The molecule has 3 rings (SSSR count). The molecule has 0 bridgehead atoms. The fraction of sp³-hybridized carbons (Fsp3) is 0.176. The average Bonchev–Trinajstić information content (AvgIpc) is 3.00. The Balaban J connectivity index is 2.03. The third-order valence-electron chi connectivity index (χ3n) is 3.44. The van der Waals surface area contributed by atoms with Crippen LogP contribution in [0.3, 0.4) is 0 Å². The molecule has 1 heterocycles. The van der Waals surface area contributed by atoms with Crippen LogP contribution in [-0.4, -0.2) is 21.4 Å². The van der Waals surface area contributed by atoms with Crippen molar-refractivity contribution in [2.45, 2.75) is 13.8 Å². The van der Waals surface area contributed by atoms with Crippen LogP contribution in [0.25, 0.3) is 17.1 Å². The van der Waals surface area contributed by atoms with Gasteiger partial charge in [-0.05, 0) is 55.8 Å². The first kappa shape index (κ1) is 14.6. The highest BCUT2D eigenvalue weighted by atomic mass is 35.5. The van der Waals surface area contributed by atoms with Crippen LogP contribution >= 0.6 is 11.6 Å². The Bertz CT molecular complexity index is 781. The van der Waals surface area contributed by atoms with Crippen LogP contribution in [0.2, 0.25) is 5.02 Å². The summed E-state index contributed by atoms with van der Waals surface area (Å²) in [4.78, 5) is 4.38. The molecule has 0 aliphatic carbocycles. The zero-order chi connectivity index (χ0) is 15.5. The molecule has 0 aliphatic heterocycles. The maximum absolute atomic E-state index is 6.21. The molecule has 0 N–H and O–H groups in total. The summed E-state index contributed by atoms with van der Waals surface area (Å²) in [5.74, 6) is 1.62. The summed E-state index contributed by atoms with van der Waals surface area (Å²) < 4.78 is 7.27. The average molecular weight is 314 g/mol. The fourth-order valence-corrected chi connectivity index (χ4v) is 2.48. The Hall–Kier alpha value is -2.33. The number of nitrogens with zero attached hydrogens (tertiary/aromatic N) is 3. The van der Waals surface area contributed by atoms with Gasteiger partial charge in [0.15, 0.2) is 5.82 Å². The molecule has 0 atom stereocenters. The van der Waals surface area contributed by atoms with E-state index in [4.69, 9.17) is 16.3 Å². The van der Waals surface area contributed by atoms with Gasteiger partial charge in [0.2, 0.25) is 0 Å². The highest BCUT2D eigenvalue weighted by Crippen LogP contribution is 2.26. The lowest BCUT2D eigenvalue weighted by atomic mass is 10.1. The van der Waals surface area contributed by atoms with Crippen LogP contribution in [-0.2, 0) is 0 Å². The van der Waals surface area contributed by atoms with Gasteiger partial charge in [0.1, 0.15) is 12.1 Å². The molecule has 112 valence electrons. The molecular formula is C17H16ClN3O. The van der Waals surface area contributed by atoms with E-state index in [0.717, 1.165) is 28.4 Å². The van der Waals surface area contributed by atoms with Crippen LogP contribution < -0.4 is 4.74 Å². The van der Waals surface area contributed by atoms with E-state index in [1.165, 1.54) is 0 Å². The fourth-order valence-electron chi connectivity index (χ4n) is 2.31. The van der Waals surface area contributed by atoms with Gasteiger partial charge in [0.05, 0.1) is 12.3 Å². The van der Waals surface area contributed by atoms with Gasteiger partial charge in [-0.3, -0.25) is 0 Å². The normalized spacial score (nSPS) is 10.7. The quantitative estimate of drug-likeness (QED) is 0.721. The van der Waals surface area contributed by atoms with E-state index in [-0.39, 0.29) is 0 Å². The van der Waals surface area contributed by atoms with Gasteiger partial charge in [-0.25, -0.2) is 9.67 Å². The lowest BCUT2D eigenvalue weighted by Gasteiger charge is -2.10. The second-order valence-corrected chi connectivity index (χ2v) is 5.24. The maximum atomic E-state index is 6.21. The predicted octanol–water partition coefficient (Wildman–Crippen LogP) is 4.29. The summed E-state index contributed by atoms with van der Waals surface area (Å²) in [6, 6.07) is 13.6. The number of ether oxygens (including phenoxy) is 1. The van der Waals surface area contributed by atoms with Crippen molar-refractivity contribution < 1.29 is 4.74 Å². The summed E-state index contributed by atoms with van der Waals surface area (Å²) >= 11 is 6.21. The van der Waals surface area contributed by atoms with E-state index in [1.807, 2.05) is 56.3 Å². The summed E-state index contributed by atoms with van der Waals surface area (Å²) in [6.07, 6.45) is 1.55. The number of hydrogen-bond acceptors (Lipinski definition) is 3. The Labute approximate surface area is 134 Å². The predicted molar refractivity (Wildman–Crippen MR) is 87.7 cm³/mol. The molecule has 22 heavy (non-hydrogen) atoms. The van der Waals surface area contributed by atoms with Crippen LogP contribution in [0, 0.1) is 6.92 Å².